The van der Waals surface area contributed by atoms with E-state index < -0.39 is 23.8 Å². The van der Waals surface area contributed by atoms with Gasteiger partial charge in [0.05, 0.1) is 0 Å². The molecule has 7 atom stereocenters. The fourth-order valence-electron chi connectivity index (χ4n) is 6.68. The molecule has 2 saturated heterocycles. The van der Waals surface area contributed by atoms with Gasteiger partial charge in [0.1, 0.15) is 0 Å². The molecule has 22 heavy (non-hydrogen) atoms. The van der Waals surface area contributed by atoms with Gasteiger partial charge in [-0.25, -0.2) is 0 Å². The van der Waals surface area contributed by atoms with Crippen molar-refractivity contribution >= 4 is 48.9 Å². The minimum atomic E-state index is -1.12. The summed E-state index contributed by atoms with van der Waals surface area (Å²) >= 11 is 1.20. The van der Waals surface area contributed by atoms with Crippen molar-refractivity contribution in [2.75, 3.05) is 0 Å². The van der Waals surface area contributed by atoms with Crippen LogP contribution >= 0.6 is 43.0 Å². The Hall–Kier alpha value is 0.850. The van der Waals surface area contributed by atoms with E-state index in [4.69, 9.17) is 4.74 Å². The summed E-state index contributed by atoms with van der Waals surface area (Å²) in [4.78, 5) is 12.9. The van der Waals surface area contributed by atoms with Crippen LogP contribution in [-0.2, 0) is 9.53 Å². The molecule has 0 radical (unpaired) electrons. The Kier molecular flexibility index (Phi) is 2.44. The van der Waals surface area contributed by atoms with E-state index in [-0.39, 0.29) is 15.2 Å². The van der Waals surface area contributed by atoms with E-state index in [1.807, 2.05) is 0 Å². The van der Waals surface area contributed by atoms with Gasteiger partial charge in [0, 0.05) is 0 Å². The Balaban J connectivity index is 1.26. The number of hydrogen-bond donors (Lipinski definition) is 2. The average molecular weight is 528 g/mol. The van der Waals surface area contributed by atoms with Crippen LogP contribution in [-0.4, -0.2) is 18.7 Å². The molecule has 0 spiro atoms. The molecule has 2 aliphatic heterocycles. The molecule has 4 nitrogen and oxygen atoms in total. The van der Waals surface area contributed by atoms with E-state index in [1.165, 1.54) is 25.7 Å². The Bertz CT molecular complexity index is 581. The summed E-state index contributed by atoms with van der Waals surface area (Å²) in [7, 11) is 0. The molecule has 4 bridgehead atoms. The number of esters is 1. The topological polar surface area (TPSA) is 70.2 Å². The number of carbonyl (C=O) groups excluding carboxylic acids is 1. The molecule has 0 amide bonds. The molecule has 2 heterocycles. The van der Waals surface area contributed by atoms with Crippen molar-refractivity contribution < 1.29 is 9.53 Å². The maximum absolute atomic E-state index is 12.9. The summed E-state index contributed by atoms with van der Waals surface area (Å²) in [5.41, 5.74) is -0.153. The van der Waals surface area contributed by atoms with Crippen LogP contribution in [0, 0.1) is 35.5 Å². The summed E-state index contributed by atoms with van der Waals surface area (Å²) in [5.74, 6) is 4.98. The van der Waals surface area contributed by atoms with Crippen LogP contribution in [0.25, 0.3) is 0 Å². The van der Waals surface area contributed by atoms with E-state index >= 15 is 0 Å². The summed E-state index contributed by atoms with van der Waals surface area (Å²) in [5, 5.41) is 0. The number of rotatable bonds is 3. The first kappa shape index (κ1) is 14.1. The zero-order chi connectivity index (χ0) is 15.1. The van der Waals surface area contributed by atoms with Crippen molar-refractivity contribution in [3.05, 3.63) is 0 Å². The van der Waals surface area contributed by atoms with Gasteiger partial charge in [-0.15, -0.1) is 0 Å². The Morgan fingerprint density at radius 1 is 1.23 bits per heavy atom. The van der Waals surface area contributed by atoms with Gasteiger partial charge in [-0.1, -0.05) is 0 Å². The second kappa shape index (κ2) is 3.82. The van der Waals surface area contributed by atoms with Crippen LogP contribution in [0.2, 0.25) is 0 Å². The fourth-order valence-corrected chi connectivity index (χ4v) is 14.4. The summed E-state index contributed by atoms with van der Waals surface area (Å²) in [6.07, 6.45) is 5.67. The second-order valence-electron chi connectivity index (χ2n) is 8.64. The molecular weight excluding hydrogens is 506 g/mol. The van der Waals surface area contributed by atoms with Crippen LogP contribution in [0.4, 0.5) is 0 Å². The number of ether oxygens (including phenoxy) is 1. The van der Waals surface area contributed by atoms with Crippen molar-refractivity contribution in [1.82, 2.24) is 7.06 Å². The van der Waals surface area contributed by atoms with Gasteiger partial charge in [-0.2, -0.15) is 0 Å². The van der Waals surface area contributed by atoms with Gasteiger partial charge in [0.15, 0.2) is 0 Å². The third kappa shape index (κ3) is 1.36. The Morgan fingerprint density at radius 2 is 1.77 bits per heavy atom. The first-order valence-electron chi connectivity index (χ1n) is 8.56. The van der Waals surface area contributed by atoms with E-state index in [0.717, 1.165) is 23.7 Å². The molecule has 0 aromatic heterocycles. The van der Waals surface area contributed by atoms with Gasteiger partial charge >= 0.3 is 153 Å². The van der Waals surface area contributed by atoms with Crippen molar-refractivity contribution in [2.24, 2.45) is 35.5 Å². The van der Waals surface area contributed by atoms with Gasteiger partial charge in [-0.3, -0.25) is 0 Å². The fraction of sp³-hybridized carbons (Fsp3) is 0.938. The summed E-state index contributed by atoms with van der Waals surface area (Å²) < 4.78 is 12.8. The summed E-state index contributed by atoms with van der Waals surface area (Å²) in [6.45, 7) is 4.30. The molecule has 6 fully saturated rings. The number of hydrogen-bond acceptors (Lipinski definition) is 4. The molecule has 7 unspecified atom stereocenters. The van der Waals surface area contributed by atoms with Crippen molar-refractivity contribution in [1.29, 1.82) is 0 Å². The van der Waals surface area contributed by atoms with Crippen LogP contribution in [0.5, 0.6) is 0 Å². The molecule has 4 saturated carbocycles. The standard InChI is InChI=1S/C16H22I2N2O2/c1-14(22-13(21)15(2,17)16-18(19-16)20-16)9-6-10(14)12-8-4-3-7(5-8)11(9)12/h7-12,19-20H,3-6H2,1-2H3. The summed E-state index contributed by atoms with van der Waals surface area (Å²) in [6, 6.07) is 0. The predicted molar refractivity (Wildman–Crippen MR) is 99.4 cm³/mol. The van der Waals surface area contributed by atoms with Gasteiger partial charge < -0.3 is 0 Å². The SMILES string of the molecule is CC1(OC(=O)C(C)(I)C23NI2N3)C2CC1C1C3CCC(C3)C12. The number of carbonyl (C=O) groups is 1. The molecule has 4 aliphatic carbocycles. The second-order valence-corrected chi connectivity index (χ2v) is 15.1. The third-order valence-corrected chi connectivity index (χ3v) is 15.1. The number of alkyl halides is 2. The number of halogens is 2. The zero-order valence-corrected chi connectivity index (χ0v) is 17.2. The van der Waals surface area contributed by atoms with Crippen molar-refractivity contribution in [2.45, 2.75) is 52.2 Å². The van der Waals surface area contributed by atoms with Crippen LogP contribution in [0.15, 0.2) is 0 Å². The first-order valence-corrected chi connectivity index (χ1v) is 12.9. The molecule has 6 aliphatic rings. The third-order valence-electron chi connectivity index (χ3n) is 7.96. The Morgan fingerprint density at radius 3 is 2.27 bits per heavy atom. The molecule has 0 aromatic carbocycles. The van der Waals surface area contributed by atoms with Crippen LogP contribution in [0.1, 0.15) is 39.5 Å². The normalized spacial score (nSPS) is 58.4. The predicted octanol–water partition coefficient (Wildman–Crippen LogP) is 2.99. The molecule has 6 rings (SSSR count). The van der Waals surface area contributed by atoms with Crippen molar-refractivity contribution in [3.8, 4) is 0 Å². The molecule has 2 N–H and O–H groups in total. The van der Waals surface area contributed by atoms with E-state index in [0.29, 0.717) is 11.8 Å². The average Bonchev–Trinajstić information content (AvgIpc) is 3.06. The molecular formula is C16H22I2N2O2. The van der Waals surface area contributed by atoms with Crippen LogP contribution in [0.3, 0.4) is 0 Å². The van der Waals surface area contributed by atoms with Crippen molar-refractivity contribution in [3.63, 3.8) is 0 Å². The monoisotopic (exact) mass is 528 g/mol. The van der Waals surface area contributed by atoms with Gasteiger partial charge in [0.2, 0.25) is 0 Å². The van der Waals surface area contributed by atoms with Gasteiger partial charge in [-0.05, 0) is 0 Å². The Labute approximate surface area is 152 Å². The quantitative estimate of drug-likeness (QED) is 0.113. The number of nitrogens with one attached hydrogen (secondary N) is 2. The van der Waals surface area contributed by atoms with Gasteiger partial charge in [0.25, 0.3) is 0 Å². The molecule has 6 heteroatoms. The minimum absolute atomic E-state index is 0.0113. The maximum atomic E-state index is 12.9. The molecule has 122 valence electrons. The number of fused-ring (bicyclic) bond motifs is 10. The van der Waals surface area contributed by atoms with Crippen LogP contribution < -0.4 is 7.06 Å². The van der Waals surface area contributed by atoms with E-state index in [2.05, 4.69) is 43.5 Å². The van der Waals surface area contributed by atoms with E-state index in [1.54, 1.807) is 0 Å². The zero-order valence-electron chi connectivity index (χ0n) is 12.9. The van der Waals surface area contributed by atoms with E-state index in [9.17, 15) is 4.79 Å². The first-order chi connectivity index (χ1) is 10.4. The molecule has 0 aromatic rings.